The first-order valence-electron chi connectivity index (χ1n) is 7.63. The van der Waals surface area contributed by atoms with Crippen LogP contribution in [0.2, 0.25) is 0 Å². The van der Waals surface area contributed by atoms with Gasteiger partial charge in [0.15, 0.2) is 11.5 Å². The van der Waals surface area contributed by atoms with E-state index in [9.17, 15) is 9.59 Å². The number of anilines is 1. The van der Waals surface area contributed by atoms with Gasteiger partial charge in [0.1, 0.15) is 0 Å². The standard InChI is InChI=1S/C15H18N6O2/c22-14-4-3-7-17-21(14)11-8-16-15(23)12-5-6-13(19-18-12)20-9-1-2-10-20/h3-7H,1-2,8-11H2,(H,16,23). The molecular formula is C15H18N6O2. The quantitative estimate of drug-likeness (QED) is 0.839. The second-order valence-corrected chi connectivity index (χ2v) is 5.31. The summed E-state index contributed by atoms with van der Waals surface area (Å²) in [6.45, 7) is 2.58. The summed E-state index contributed by atoms with van der Waals surface area (Å²) in [5, 5.41) is 14.7. The largest absolute Gasteiger partial charge is 0.355 e. The summed E-state index contributed by atoms with van der Waals surface area (Å²) in [6.07, 6.45) is 3.86. The van der Waals surface area contributed by atoms with Gasteiger partial charge in [0.25, 0.3) is 11.5 Å². The molecule has 23 heavy (non-hydrogen) atoms. The van der Waals surface area contributed by atoms with Crippen molar-refractivity contribution in [2.45, 2.75) is 19.4 Å². The first kappa shape index (κ1) is 15.1. The fourth-order valence-electron chi connectivity index (χ4n) is 2.48. The van der Waals surface area contributed by atoms with Gasteiger partial charge >= 0.3 is 0 Å². The zero-order valence-electron chi connectivity index (χ0n) is 12.7. The van der Waals surface area contributed by atoms with E-state index in [0.717, 1.165) is 31.7 Å². The Hall–Kier alpha value is -2.77. The lowest BCUT2D eigenvalue weighted by Crippen LogP contribution is -2.32. The first-order valence-corrected chi connectivity index (χ1v) is 7.63. The molecule has 3 rings (SSSR count). The number of nitrogens with zero attached hydrogens (tertiary/aromatic N) is 5. The van der Waals surface area contributed by atoms with Crippen LogP contribution in [0.3, 0.4) is 0 Å². The van der Waals surface area contributed by atoms with Crippen molar-refractivity contribution in [3.8, 4) is 0 Å². The van der Waals surface area contributed by atoms with E-state index >= 15 is 0 Å². The number of rotatable bonds is 5. The monoisotopic (exact) mass is 314 g/mol. The van der Waals surface area contributed by atoms with Gasteiger partial charge in [-0.3, -0.25) is 9.59 Å². The lowest BCUT2D eigenvalue weighted by atomic mass is 10.3. The minimum absolute atomic E-state index is 0.198. The Kier molecular flexibility index (Phi) is 4.60. The molecule has 0 aliphatic carbocycles. The molecule has 0 saturated carbocycles. The number of nitrogens with one attached hydrogen (secondary N) is 1. The average Bonchev–Trinajstić information content (AvgIpc) is 3.11. The van der Waals surface area contributed by atoms with Gasteiger partial charge in [-0.05, 0) is 31.0 Å². The summed E-state index contributed by atoms with van der Waals surface area (Å²) in [5.74, 6) is 0.494. The molecule has 2 aromatic rings. The maximum absolute atomic E-state index is 12.0. The van der Waals surface area contributed by atoms with E-state index < -0.39 is 0 Å². The molecule has 3 heterocycles. The molecule has 1 aliphatic rings. The molecule has 1 N–H and O–H groups in total. The third kappa shape index (κ3) is 3.71. The maximum atomic E-state index is 12.0. The summed E-state index contributed by atoms with van der Waals surface area (Å²) in [4.78, 5) is 25.7. The zero-order chi connectivity index (χ0) is 16.1. The van der Waals surface area contributed by atoms with Crippen LogP contribution in [0.5, 0.6) is 0 Å². The third-order valence-electron chi connectivity index (χ3n) is 3.71. The predicted molar refractivity (Wildman–Crippen MR) is 84.3 cm³/mol. The Balaban J connectivity index is 1.54. The molecule has 120 valence electrons. The lowest BCUT2D eigenvalue weighted by Gasteiger charge is -2.15. The topological polar surface area (TPSA) is 93.0 Å². The molecule has 0 radical (unpaired) electrons. The Morgan fingerprint density at radius 2 is 2.00 bits per heavy atom. The number of hydrogen-bond donors (Lipinski definition) is 1. The van der Waals surface area contributed by atoms with Gasteiger partial charge in [-0.1, -0.05) is 0 Å². The smallest absolute Gasteiger partial charge is 0.271 e. The molecule has 0 bridgehead atoms. The predicted octanol–water partition coefficient (Wildman–Crippen LogP) is 0.0635. The molecule has 1 amide bonds. The molecule has 0 aromatic carbocycles. The van der Waals surface area contributed by atoms with Crippen LogP contribution in [-0.2, 0) is 6.54 Å². The molecule has 0 unspecified atom stereocenters. The van der Waals surface area contributed by atoms with Gasteiger partial charge in [0, 0.05) is 31.9 Å². The molecule has 1 fully saturated rings. The van der Waals surface area contributed by atoms with Crippen molar-refractivity contribution in [1.82, 2.24) is 25.3 Å². The lowest BCUT2D eigenvalue weighted by molar-refractivity contribution is 0.0945. The third-order valence-corrected chi connectivity index (χ3v) is 3.71. The number of carbonyl (C=O) groups is 1. The molecule has 0 spiro atoms. The molecule has 0 atom stereocenters. The molecule has 2 aromatic heterocycles. The Morgan fingerprint density at radius 3 is 2.70 bits per heavy atom. The Morgan fingerprint density at radius 1 is 1.17 bits per heavy atom. The van der Waals surface area contributed by atoms with Crippen molar-refractivity contribution < 1.29 is 4.79 Å². The van der Waals surface area contributed by atoms with Gasteiger partial charge in [-0.15, -0.1) is 10.2 Å². The number of amides is 1. The Labute approximate surface area is 133 Å². The SMILES string of the molecule is O=C(NCCn1ncccc1=O)c1ccc(N2CCCC2)nn1. The van der Waals surface area contributed by atoms with Crippen LogP contribution in [0.25, 0.3) is 0 Å². The summed E-state index contributed by atoms with van der Waals surface area (Å²) in [5.41, 5.74) is 0.0674. The summed E-state index contributed by atoms with van der Waals surface area (Å²) in [6, 6.07) is 6.49. The highest BCUT2D eigenvalue weighted by Gasteiger charge is 2.15. The van der Waals surface area contributed by atoms with Gasteiger partial charge in [-0.2, -0.15) is 5.10 Å². The van der Waals surface area contributed by atoms with Crippen LogP contribution in [0.15, 0.2) is 35.3 Å². The van der Waals surface area contributed by atoms with Crippen LogP contribution in [-0.4, -0.2) is 45.5 Å². The van der Waals surface area contributed by atoms with Crippen molar-refractivity contribution in [1.29, 1.82) is 0 Å². The van der Waals surface area contributed by atoms with E-state index in [2.05, 4.69) is 25.5 Å². The van der Waals surface area contributed by atoms with E-state index in [1.807, 2.05) is 6.07 Å². The van der Waals surface area contributed by atoms with E-state index in [1.165, 1.54) is 16.9 Å². The molecule has 1 aliphatic heterocycles. The summed E-state index contributed by atoms with van der Waals surface area (Å²) < 4.78 is 1.29. The highest BCUT2D eigenvalue weighted by atomic mass is 16.2. The maximum Gasteiger partial charge on any atom is 0.271 e. The van der Waals surface area contributed by atoms with E-state index in [0.29, 0.717) is 13.1 Å². The van der Waals surface area contributed by atoms with E-state index in [-0.39, 0.29) is 17.2 Å². The molecule has 1 saturated heterocycles. The average molecular weight is 314 g/mol. The minimum atomic E-state index is -0.311. The Bertz CT molecular complexity index is 721. The van der Waals surface area contributed by atoms with Crippen molar-refractivity contribution >= 4 is 11.7 Å². The van der Waals surface area contributed by atoms with Crippen molar-refractivity contribution in [3.63, 3.8) is 0 Å². The van der Waals surface area contributed by atoms with Crippen LogP contribution < -0.4 is 15.8 Å². The van der Waals surface area contributed by atoms with Crippen molar-refractivity contribution in [2.24, 2.45) is 0 Å². The molecule has 8 heteroatoms. The van der Waals surface area contributed by atoms with Gasteiger partial charge < -0.3 is 10.2 Å². The molecular weight excluding hydrogens is 296 g/mol. The highest BCUT2D eigenvalue weighted by molar-refractivity contribution is 5.92. The van der Waals surface area contributed by atoms with Crippen LogP contribution in [0, 0.1) is 0 Å². The van der Waals surface area contributed by atoms with Crippen molar-refractivity contribution in [2.75, 3.05) is 24.5 Å². The second kappa shape index (κ2) is 6.99. The zero-order valence-corrected chi connectivity index (χ0v) is 12.7. The first-order chi connectivity index (χ1) is 11.2. The van der Waals surface area contributed by atoms with Gasteiger partial charge in [-0.25, -0.2) is 4.68 Å². The van der Waals surface area contributed by atoms with Crippen molar-refractivity contribution in [3.05, 3.63) is 46.5 Å². The van der Waals surface area contributed by atoms with Crippen LogP contribution >= 0.6 is 0 Å². The molecule has 8 nitrogen and oxygen atoms in total. The fraction of sp³-hybridized carbons (Fsp3) is 0.400. The fourth-order valence-corrected chi connectivity index (χ4v) is 2.48. The normalized spacial score (nSPS) is 14.0. The number of aromatic nitrogens is 4. The second-order valence-electron chi connectivity index (χ2n) is 5.31. The highest BCUT2D eigenvalue weighted by Crippen LogP contribution is 2.16. The van der Waals surface area contributed by atoms with E-state index in [4.69, 9.17) is 0 Å². The van der Waals surface area contributed by atoms with Gasteiger partial charge in [0.05, 0.1) is 6.54 Å². The van der Waals surface area contributed by atoms with Crippen LogP contribution in [0.1, 0.15) is 23.3 Å². The van der Waals surface area contributed by atoms with Crippen LogP contribution in [0.4, 0.5) is 5.82 Å². The summed E-state index contributed by atoms with van der Waals surface area (Å²) in [7, 11) is 0. The number of hydrogen-bond acceptors (Lipinski definition) is 6. The summed E-state index contributed by atoms with van der Waals surface area (Å²) >= 11 is 0. The van der Waals surface area contributed by atoms with Gasteiger partial charge in [0.2, 0.25) is 0 Å². The number of carbonyl (C=O) groups excluding carboxylic acids is 1. The minimum Gasteiger partial charge on any atom is -0.355 e. The van der Waals surface area contributed by atoms with E-state index in [1.54, 1.807) is 12.1 Å².